The van der Waals surface area contributed by atoms with Gasteiger partial charge in [0.15, 0.2) is 6.29 Å². The van der Waals surface area contributed by atoms with E-state index in [9.17, 15) is 5.11 Å². The van der Waals surface area contributed by atoms with Crippen LogP contribution in [0.2, 0.25) is 0 Å². The van der Waals surface area contributed by atoms with Gasteiger partial charge in [-0.15, -0.1) is 0 Å². The molecule has 0 aliphatic carbocycles. The van der Waals surface area contributed by atoms with Gasteiger partial charge >= 0.3 is 51.4 Å². The number of nitrogens with zero attached hydrogens (tertiary/aromatic N) is 1. The number of methoxy groups -OCH3 is 4. The van der Waals surface area contributed by atoms with E-state index in [0.29, 0.717) is 26.4 Å². The molecule has 2 unspecified atom stereocenters. The van der Waals surface area contributed by atoms with E-state index in [1.165, 1.54) is 70.3 Å². The van der Waals surface area contributed by atoms with Gasteiger partial charge in [0.1, 0.15) is 6.07 Å². The third kappa shape index (κ3) is 30.6. The molecular formula is C44H81Cl6KN2O11. The standard InChI is InChI=1S/C22H40Cl3NO5.C20H40O5.C2Cl3N.K.H2O/c1-6-7-8-9-10-11-17(28-5)12-13-29-19-15(2)18(14-27-4)30-20(16(19)3)31-21(26)22(23,24)25;1-6-7-8-9-10-11-17(23-5)12-13-24-19-15(2)18(14-22-4)25-20(21)16(19)3;3-2(4,5)1-6;;/h15-20,26H,6-14H2,1-5H3;15-21H,6-14H2,1-5H3;;;1H2/q;;;+1;/p-1/t2*15-,16-,17-,18-,19+,20?;;;/m11.../s1. The second-order valence-corrected chi connectivity index (χ2v) is 20.9. The number of nitriles is 1. The van der Waals surface area contributed by atoms with Gasteiger partial charge in [0.2, 0.25) is 12.2 Å². The van der Waals surface area contributed by atoms with Gasteiger partial charge in [0.05, 0.1) is 49.8 Å². The Hall–Kier alpha value is 1.94. The number of nitrogens with one attached hydrogen (secondary N) is 1. The van der Waals surface area contributed by atoms with Gasteiger partial charge in [0.25, 0.3) is 7.59 Å². The molecule has 64 heavy (non-hydrogen) atoms. The van der Waals surface area contributed by atoms with E-state index >= 15 is 0 Å². The van der Waals surface area contributed by atoms with Crippen LogP contribution in [0.1, 0.15) is 131 Å². The van der Waals surface area contributed by atoms with Gasteiger partial charge in [0, 0.05) is 65.3 Å². The van der Waals surface area contributed by atoms with Crippen molar-refractivity contribution in [1.29, 1.82) is 10.7 Å². The van der Waals surface area contributed by atoms with Crippen LogP contribution in [-0.2, 0) is 42.6 Å². The monoisotopic (exact) mass is 1060 g/mol. The Balaban J connectivity index is -0.00000102. The number of aliphatic hydroxyl groups is 1. The summed E-state index contributed by atoms with van der Waals surface area (Å²) in [6.45, 7) is 14.7. The van der Waals surface area contributed by atoms with Gasteiger partial charge in [-0.1, -0.05) is 175 Å². The molecule has 2 heterocycles. The summed E-state index contributed by atoms with van der Waals surface area (Å²) in [6.07, 6.45) is 14.9. The maximum absolute atomic E-state index is 10.1. The molecule has 13 nitrogen and oxygen atoms in total. The van der Waals surface area contributed by atoms with Gasteiger partial charge in [-0.2, -0.15) is 5.26 Å². The number of unbranched alkanes of at least 4 members (excludes halogenated alkanes) is 8. The first-order chi connectivity index (χ1) is 29.3. The molecule has 0 aromatic carbocycles. The maximum Gasteiger partial charge on any atom is 1.00 e. The zero-order chi connectivity index (χ0) is 47.3. The number of hydrogen-bond donors (Lipinski definition) is 2. The molecule has 0 aromatic heterocycles. The SMILES string of the molecule is CCCCCCC[C@H](CCO[C@H]1[C@H](C)[C@@H](COC)OC(O)[C@@H]1C)OC.CCCCCCC[C@H](CCO[C@H]1[C@H](C)[C@@H](COC)OC(OC(=N)C(Cl)(Cl)Cl)[C@@H]1C)OC.N#CC(Cl)(Cl)Cl.[K+].[OH-]. The van der Waals surface area contributed by atoms with Crippen molar-refractivity contribution in [3.63, 3.8) is 0 Å². The molecule has 0 aromatic rings. The first-order valence-corrected chi connectivity index (χ1v) is 24.6. The van der Waals surface area contributed by atoms with Gasteiger partial charge in [-0.25, -0.2) is 0 Å². The largest absolute Gasteiger partial charge is 1.00 e. The molecule has 20 heteroatoms. The fourth-order valence-electron chi connectivity index (χ4n) is 7.56. The Kier molecular flexibility index (Phi) is 44.4. The predicted molar refractivity (Wildman–Crippen MR) is 254 cm³/mol. The van der Waals surface area contributed by atoms with Crippen molar-refractivity contribution in [3.8, 4) is 6.07 Å². The van der Waals surface area contributed by atoms with Gasteiger partial charge in [-0.05, 0) is 25.7 Å². The van der Waals surface area contributed by atoms with Crippen LogP contribution in [-0.4, -0.2) is 128 Å². The molecule has 2 aliphatic heterocycles. The number of ether oxygens (including phenoxy) is 9. The van der Waals surface area contributed by atoms with Crippen LogP contribution in [0.4, 0.5) is 0 Å². The summed E-state index contributed by atoms with van der Waals surface area (Å²) in [5, 5.41) is 25.8. The predicted octanol–water partition coefficient (Wildman–Crippen LogP) is 8.63. The van der Waals surface area contributed by atoms with Crippen LogP contribution >= 0.6 is 69.6 Å². The molecule has 0 saturated carbocycles. The van der Waals surface area contributed by atoms with Gasteiger partial charge in [-0.3, -0.25) is 5.41 Å². The second kappa shape index (κ2) is 40.5. The zero-order valence-electron chi connectivity index (χ0n) is 40.4. The third-order valence-corrected chi connectivity index (χ3v) is 12.2. The Morgan fingerprint density at radius 1 is 0.656 bits per heavy atom. The van der Waals surface area contributed by atoms with Crippen molar-refractivity contribution in [2.45, 2.75) is 188 Å². The van der Waals surface area contributed by atoms with Gasteiger partial charge < -0.3 is 53.2 Å². The van der Waals surface area contributed by atoms with Crippen LogP contribution in [0.15, 0.2) is 0 Å². The van der Waals surface area contributed by atoms with Crippen LogP contribution < -0.4 is 51.4 Å². The van der Waals surface area contributed by atoms with Crippen LogP contribution in [0, 0.1) is 40.4 Å². The normalized spacial score (nSPS) is 26.6. The molecular weight excluding hydrogens is 984 g/mol. The minimum atomic E-state index is -1.94. The Morgan fingerprint density at radius 2 is 1.05 bits per heavy atom. The van der Waals surface area contributed by atoms with Crippen molar-refractivity contribution in [1.82, 2.24) is 0 Å². The van der Waals surface area contributed by atoms with E-state index in [1.54, 1.807) is 28.4 Å². The molecule has 2 aliphatic rings. The number of rotatable bonds is 27. The Morgan fingerprint density at radius 3 is 1.41 bits per heavy atom. The molecule has 2 fully saturated rings. The Bertz CT molecular complexity index is 1180. The number of aliphatic hydroxyl groups excluding tert-OH is 1. The molecule has 0 radical (unpaired) electrons. The van der Waals surface area contributed by atoms with E-state index in [-0.39, 0.29) is 117 Å². The van der Waals surface area contributed by atoms with E-state index in [1.807, 2.05) is 13.8 Å². The van der Waals surface area contributed by atoms with E-state index in [4.69, 9.17) is 123 Å². The summed E-state index contributed by atoms with van der Waals surface area (Å²) in [5.41, 5.74) is 0. The first kappa shape index (κ1) is 70.2. The average molecular weight is 1070 g/mol. The summed E-state index contributed by atoms with van der Waals surface area (Å²) in [6, 6.07) is 1.40. The van der Waals surface area contributed by atoms with Crippen molar-refractivity contribution in [2.24, 2.45) is 23.7 Å². The first-order valence-electron chi connectivity index (χ1n) is 22.3. The maximum atomic E-state index is 10.1. The fourth-order valence-corrected chi connectivity index (χ4v) is 7.70. The van der Waals surface area contributed by atoms with Crippen molar-refractivity contribution < 1.29 is 105 Å². The van der Waals surface area contributed by atoms with Crippen molar-refractivity contribution in [3.05, 3.63) is 0 Å². The van der Waals surface area contributed by atoms with Crippen LogP contribution in [0.3, 0.4) is 0 Å². The average Bonchev–Trinajstić information content (AvgIpc) is 3.22. The molecule has 0 spiro atoms. The molecule has 0 bridgehead atoms. The van der Waals surface area contributed by atoms with Crippen molar-refractivity contribution in [2.75, 3.05) is 54.9 Å². The number of halogens is 6. The summed E-state index contributed by atoms with van der Waals surface area (Å²) >= 11 is 32.0. The summed E-state index contributed by atoms with van der Waals surface area (Å²) in [4.78, 5) is 0. The molecule has 3 N–H and O–H groups in total. The minimum absolute atomic E-state index is 0. The van der Waals surface area contributed by atoms with Crippen LogP contribution in [0.5, 0.6) is 0 Å². The summed E-state index contributed by atoms with van der Waals surface area (Å²) in [7, 11) is 6.82. The topological polar surface area (TPSA) is 181 Å². The zero-order valence-corrected chi connectivity index (χ0v) is 48.1. The fraction of sp³-hybridized carbons (Fsp3) is 0.955. The number of alkyl halides is 6. The van der Waals surface area contributed by atoms with E-state index < -0.39 is 26.1 Å². The molecule has 12 atom stereocenters. The quantitative estimate of drug-likeness (QED) is 0.0263. The summed E-state index contributed by atoms with van der Waals surface area (Å²) < 4.78 is 47.7. The van der Waals surface area contributed by atoms with Crippen molar-refractivity contribution >= 4 is 75.5 Å². The Labute approximate surface area is 459 Å². The van der Waals surface area contributed by atoms with E-state index in [0.717, 1.165) is 25.7 Å². The third-order valence-electron chi connectivity index (χ3n) is 11.5. The van der Waals surface area contributed by atoms with Crippen LogP contribution in [0.25, 0.3) is 0 Å². The molecule has 2 rings (SSSR count). The molecule has 2 saturated heterocycles. The smallest absolute Gasteiger partial charge is 0.870 e. The van der Waals surface area contributed by atoms with E-state index in [2.05, 4.69) is 27.7 Å². The number of hydrogen-bond acceptors (Lipinski definition) is 13. The second-order valence-electron chi connectivity index (χ2n) is 16.4. The minimum Gasteiger partial charge on any atom is -0.870 e. The molecule has 376 valence electrons. The molecule has 0 amide bonds. The summed E-state index contributed by atoms with van der Waals surface area (Å²) in [5.74, 6) is -0.412.